The van der Waals surface area contributed by atoms with Crippen LogP contribution in [0, 0.1) is 0 Å². The number of halogens is 1. The average molecular weight is 302 g/mol. The van der Waals surface area contributed by atoms with Crippen molar-refractivity contribution in [2.75, 3.05) is 0 Å². The summed E-state index contributed by atoms with van der Waals surface area (Å²) in [7, 11) is 0. The second-order valence-electron chi connectivity index (χ2n) is 3.72. The zero-order valence-electron chi connectivity index (χ0n) is 9.64. The molecular weight excluding hydrogens is 290 g/mol. The summed E-state index contributed by atoms with van der Waals surface area (Å²) in [5.74, 6) is -0.116. The molecule has 0 fully saturated rings. The zero-order chi connectivity index (χ0) is 12.8. The minimum atomic E-state index is -0.116. The standard InChI is InChI=1S/C15H12BrNO/c16-14-8-6-13(7-9-14)15(18)17-11-10-12-4-2-1-3-5-12/h1-11H,(H,17,18). The van der Waals surface area contributed by atoms with Crippen LogP contribution in [0.1, 0.15) is 15.9 Å². The minimum Gasteiger partial charge on any atom is -0.329 e. The summed E-state index contributed by atoms with van der Waals surface area (Å²) in [5.41, 5.74) is 1.68. The summed E-state index contributed by atoms with van der Waals surface area (Å²) in [6.45, 7) is 0. The Hall–Kier alpha value is -1.87. The van der Waals surface area contributed by atoms with Gasteiger partial charge in [-0.25, -0.2) is 0 Å². The minimum absolute atomic E-state index is 0.116. The Labute approximate surface area is 114 Å². The fourth-order valence-electron chi connectivity index (χ4n) is 1.46. The van der Waals surface area contributed by atoms with Gasteiger partial charge < -0.3 is 5.32 Å². The Morgan fingerprint density at radius 3 is 2.33 bits per heavy atom. The number of rotatable bonds is 3. The van der Waals surface area contributed by atoms with Gasteiger partial charge in [-0.05, 0) is 35.9 Å². The van der Waals surface area contributed by atoms with Crippen LogP contribution in [0.25, 0.3) is 6.08 Å². The molecule has 0 aliphatic carbocycles. The molecule has 0 heterocycles. The van der Waals surface area contributed by atoms with Gasteiger partial charge in [-0.2, -0.15) is 0 Å². The molecule has 0 unspecified atom stereocenters. The van der Waals surface area contributed by atoms with E-state index in [9.17, 15) is 4.79 Å². The van der Waals surface area contributed by atoms with Crippen LogP contribution in [0.5, 0.6) is 0 Å². The van der Waals surface area contributed by atoms with E-state index in [-0.39, 0.29) is 5.91 Å². The maximum absolute atomic E-state index is 11.8. The molecule has 0 aliphatic heterocycles. The first-order chi connectivity index (χ1) is 8.75. The van der Waals surface area contributed by atoms with Crippen LogP contribution in [0.2, 0.25) is 0 Å². The topological polar surface area (TPSA) is 29.1 Å². The Morgan fingerprint density at radius 2 is 1.67 bits per heavy atom. The Balaban J connectivity index is 1.96. The third-order valence-corrected chi connectivity index (χ3v) is 2.92. The summed E-state index contributed by atoms with van der Waals surface area (Å²) in [4.78, 5) is 11.8. The lowest BCUT2D eigenvalue weighted by Gasteiger charge is -2.00. The van der Waals surface area contributed by atoms with Crippen molar-refractivity contribution in [3.8, 4) is 0 Å². The Kier molecular flexibility index (Phi) is 4.31. The highest BCUT2D eigenvalue weighted by Gasteiger charge is 2.01. The van der Waals surface area contributed by atoms with Crippen LogP contribution in [0.4, 0.5) is 0 Å². The van der Waals surface area contributed by atoms with E-state index in [1.165, 1.54) is 0 Å². The molecule has 2 aromatic rings. The maximum Gasteiger partial charge on any atom is 0.255 e. The fourth-order valence-corrected chi connectivity index (χ4v) is 1.73. The smallest absolute Gasteiger partial charge is 0.255 e. The number of benzene rings is 2. The molecule has 2 rings (SSSR count). The normalized spacial score (nSPS) is 10.5. The van der Waals surface area contributed by atoms with Gasteiger partial charge in [0, 0.05) is 16.2 Å². The monoisotopic (exact) mass is 301 g/mol. The van der Waals surface area contributed by atoms with Gasteiger partial charge >= 0.3 is 0 Å². The Bertz CT molecular complexity index is 546. The second kappa shape index (κ2) is 6.17. The van der Waals surface area contributed by atoms with Crippen molar-refractivity contribution in [3.63, 3.8) is 0 Å². The maximum atomic E-state index is 11.8. The van der Waals surface area contributed by atoms with Gasteiger partial charge in [0.2, 0.25) is 0 Å². The molecule has 0 bridgehead atoms. The van der Waals surface area contributed by atoms with Crippen LogP contribution in [-0.2, 0) is 0 Å². The van der Waals surface area contributed by atoms with Crippen LogP contribution < -0.4 is 5.32 Å². The van der Waals surface area contributed by atoms with Gasteiger partial charge in [0.15, 0.2) is 0 Å². The SMILES string of the molecule is O=C(NC=Cc1ccccc1)c1ccc(Br)cc1. The van der Waals surface area contributed by atoms with Crippen molar-refractivity contribution in [2.24, 2.45) is 0 Å². The molecule has 1 N–H and O–H groups in total. The van der Waals surface area contributed by atoms with E-state index >= 15 is 0 Å². The summed E-state index contributed by atoms with van der Waals surface area (Å²) in [6.07, 6.45) is 3.51. The van der Waals surface area contributed by atoms with E-state index in [1.54, 1.807) is 18.3 Å². The van der Waals surface area contributed by atoms with Crippen molar-refractivity contribution >= 4 is 27.9 Å². The van der Waals surface area contributed by atoms with Crippen molar-refractivity contribution < 1.29 is 4.79 Å². The van der Waals surface area contributed by atoms with E-state index in [1.807, 2.05) is 48.5 Å². The lowest BCUT2D eigenvalue weighted by atomic mass is 10.2. The molecule has 0 radical (unpaired) electrons. The van der Waals surface area contributed by atoms with Crippen LogP contribution in [-0.4, -0.2) is 5.91 Å². The molecule has 0 saturated carbocycles. The van der Waals surface area contributed by atoms with Gasteiger partial charge in [-0.15, -0.1) is 0 Å². The second-order valence-corrected chi connectivity index (χ2v) is 4.64. The van der Waals surface area contributed by atoms with Crippen molar-refractivity contribution in [1.29, 1.82) is 0 Å². The van der Waals surface area contributed by atoms with Crippen molar-refractivity contribution in [3.05, 3.63) is 76.4 Å². The van der Waals surface area contributed by atoms with Crippen molar-refractivity contribution in [2.45, 2.75) is 0 Å². The average Bonchev–Trinajstić information content (AvgIpc) is 2.40. The molecular formula is C15H12BrNO. The van der Waals surface area contributed by atoms with Crippen LogP contribution >= 0.6 is 15.9 Å². The molecule has 0 spiro atoms. The first kappa shape index (κ1) is 12.6. The summed E-state index contributed by atoms with van der Waals surface area (Å²) in [5, 5.41) is 2.73. The zero-order valence-corrected chi connectivity index (χ0v) is 11.2. The fraction of sp³-hybridized carbons (Fsp3) is 0. The molecule has 1 amide bonds. The molecule has 2 nitrogen and oxygen atoms in total. The summed E-state index contributed by atoms with van der Waals surface area (Å²) < 4.78 is 0.957. The van der Waals surface area contributed by atoms with E-state index in [4.69, 9.17) is 0 Å². The number of hydrogen-bond acceptors (Lipinski definition) is 1. The molecule has 18 heavy (non-hydrogen) atoms. The highest BCUT2D eigenvalue weighted by atomic mass is 79.9. The number of nitrogens with one attached hydrogen (secondary N) is 1. The first-order valence-corrected chi connectivity index (χ1v) is 6.33. The van der Waals surface area contributed by atoms with Gasteiger partial charge in [-0.1, -0.05) is 46.3 Å². The molecule has 90 valence electrons. The van der Waals surface area contributed by atoms with Gasteiger partial charge in [0.25, 0.3) is 5.91 Å². The molecule has 0 atom stereocenters. The summed E-state index contributed by atoms with van der Waals surface area (Å²) >= 11 is 3.33. The number of hydrogen-bond donors (Lipinski definition) is 1. The van der Waals surface area contributed by atoms with Gasteiger partial charge in [0.05, 0.1) is 0 Å². The van der Waals surface area contributed by atoms with Gasteiger partial charge in [0.1, 0.15) is 0 Å². The summed E-state index contributed by atoms with van der Waals surface area (Å²) in [6, 6.07) is 17.0. The molecule has 2 aromatic carbocycles. The van der Waals surface area contributed by atoms with E-state index in [0.29, 0.717) is 5.56 Å². The highest BCUT2D eigenvalue weighted by molar-refractivity contribution is 9.10. The van der Waals surface area contributed by atoms with E-state index < -0.39 is 0 Å². The third-order valence-electron chi connectivity index (χ3n) is 2.40. The third kappa shape index (κ3) is 3.57. The first-order valence-electron chi connectivity index (χ1n) is 5.54. The highest BCUT2D eigenvalue weighted by Crippen LogP contribution is 2.10. The van der Waals surface area contributed by atoms with Crippen molar-refractivity contribution in [1.82, 2.24) is 5.32 Å². The van der Waals surface area contributed by atoms with Gasteiger partial charge in [-0.3, -0.25) is 4.79 Å². The number of carbonyl (C=O) groups is 1. The molecule has 0 aromatic heterocycles. The largest absolute Gasteiger partial charge is 0.329 e. The molecule has 3 heteroatoms. The predicted octanol–water partition coefficient (Wildman–Crippen LogP) is 3.85. The van der Waals surface area contributed by atoms with E-state index in [0.717, 1.165) is 10.0 Å². The predicted molar refractivity (Wildman–Crippen MR) is 77.1 cm³/mol. The van der Waals surface area contributed by atoms with Crippen LogP contribution in [0.3, 0.4) is 0 Å². The quantitative estimate of drug-likeness (QED) is 0.916. The van der Waals surface area contributed by atoms with Crippen LogP contribution in [0.15, 0.2) is 65.3 Å². The lowest BCUT2D eigenvalue weighted by Crippen LogP contribution is -2.16. The lowest BCUT2D eigenvalue weighted by molar-refractivity contribution is 0.0970. The Morgan fingerprint density at radius 1 is 1.00 bits per heavy atom. The number of carbonyl (C=O) groups excluding carboxylic acids is 1. The van der Waals surface area contributed by atoms with E-state index in [2.05, 4.69) is 21.2 Å². The molecule has 0 saturated heterocycles. The number of amides is 1. The molecule has 0 aliphatic rings.